The molecular weight excluding hydrogens is 274 g/mol. The highest BCUT2D eigenvalue weighted by Gasteiger charge is 2.30. The van der Waals surface area contributed by atoms with Crippen LogP contribution in [-0.4, -0.2) is 6.61 Å². The van der Waals surface area contributed by atoms with E-state index in [9.17, 15) is 8.78 Å². The molecule has 1 fully saturated rings. The molecule has 21 heavy (non-hydrogen) atoms. The topological polar surface area (TPSA) is 47.3 Å². The SMILES string of the molecule is CC1CCC(C(NN)c2ccc(OC(F)F)cc2)CC1C. The Balaban J connectivity index is 2.06. The van der Waals surface area contributed by atoms with Crippen molar-refractivity contribution >= 4 is 0 Å². The van der Waals surface area contributed by atoms with E-state index in [0.717, 1.165) is 24.3 Å². The molecule has 1 aliphatic rings. The predicted molar refractivity (Wildman–Crippen MR) is 78.8 cm³/mol. The van der Waals surface area contributed by atoms with Crippen molar-refractivity contribution in [2.24, 2.45) is 23.6 Å². The normalized spacial score (nSPS) is 27.6. The minimum atomic E-state index is -2.79. The second-order valence-corrected chi connectivity index (χ2v) is 6.12. The number of nitrogens with one attached hydrogen (secondary N) is 1. The molecule has 3 N–H and O–H groups in total. The third kappa shape index (κ3) is 4.14. The van der Waals surface area contributed by atoms with Gasteiger partial charge in [0.05, 0.1) is 0 Å². The molecule has 1 aliphatic carbocycles. The molecule has 0 heterocycles. The van der Waals surface area contributed by atoms with Gasteiger partial charge >= 0.3 is 6.61 Å². The molecule has 0 aromatic heterocycles. The summed E-state index contributed by atoms with van der Waals surface area (Å²) in [6, 6.07) is 6.82. The highest BCUT2D eigenvalue weighted by Crippen LogP contribution is 2.39. The van der Waals surface area contributed by atoms with E-state index in [1.54, 1.807) is 12.1 Å². The summed E-state index contributed by atoms with van der Waals surface area (Å²) >= 11 is 0. The number of ether oxygens (including phenoxy) is 1. The summed E-state index contributed by atoms with van der Waals surface area (Å²) in [6.45, 7) is 1.78. The van der Waals surface area contributed by atoms with Gasteiger partial charge in [-0.1, -0.05) is 32.4 Å². The Morgan fingerprint density at radius 3 is 2.33 bits per heavy atom. The van der Waals surface area contributed by atoms with Crippen LogP contribution in [0.5, 0.6) is 5.75 Å². The number of benzene rings is 1. The van der Waals surface area contributed by atoms with E-state index >= 15 is 0 Å². The van der Waals surface area contributed by atoms with Crippen LogP contribution in [0, 0.1) is 17.8 Å². The van der Waals surface area contributed by atoms with Crippen LogP contribution in [0.4, 0.5) is 8.78 Å². The molecule has 0 saturated heterocycles. The maximum atomic E-state index is 12.2. The molecule has 4 atom stereocenters. The zero-order valence-corrected chi connectivity index (χ0v) is 12.6. The van der Waals surface area contributed by atoms with Gasteiger partial charge in [-0.15, -0.1) is 0 Å². The summed E-state index contributed by atoms with van der Waals surface area (Å²) in [7, 11) is 0. The summed E-state index contributed by atoms with van der Waals surface area (Å²) in [5.41, 5.74) is 3.91. The highest BCUT2D eigenvalue weighted by molar-refractivity contribution is 5.29. The molecule has 118 valence electrons. The van der Waals surface area contributed by atoms with E-state index in [2.05, 4.69) is 24.0 Å². The Morgan fingerprint density at radius 2 is 1.81 bits per heavy atom. The molecule has 0 bridgehead atoms. The third-order valence-electron chi connectivity index (χ3n) is 4.75. The smallest absolute Gasteiger partial charge is 0.387 e. The second kappa shape index (κ2) is 7.18. The summed E-state index contributed by atoms with van der Waals surface area (Å²) < 4.78 is 28.7. The van der Waals surface area contributed by atoms with Gasteiger partial charge in [0.15, 0.2) is 0 Å². The zero-order valence-electron chi connectivity index (χ0n) is 12.6. The monoisotopic (exact) mass is 298 g/mol. The number of hydrogen-bond donors (Lipinski definition) is 2. The van der Waals surface area contributed by atoms with Crippen LogP contribution in [0.15, 0.2) is 24.3 Å². The molecule has 0 amide bonds. The first kappa shape index (κ1) is 16.2. The Kier molecular flexibility index (Phi) is 5.53. The molecule has 1 aromatic carbocycles. The van der Waals surface area contributed by atoms with Gasteiger partial charge in [0.25, 0.3) is 0 Å². The number of alkyl halides is 2. The van der Waals surface area contributed by atoms with Gasteiger partial charge in [0.1, 0.15) is 5.75 Å². The molecule has 1 saturated carbocycles. The lowest BCUT2D eigenvalue weighted by atomic mass is 9.72. The minimum absolute atomic E-state index is 0.0561. The average molecular weight is 298 g/mol. The van der Waals surface area contributed by atoms with Crippen LogP contribution in [-0.2, 0) is 0 Å². The first-order chi connectivity index (χ1) is 10.0. The van der Waals surface area contributed by atoms with Crippen LogP contribution in [0.2, 0.25) is 0 Å². The van der Waals surface area contributed by atoms with E-state index in [0.29, 0.717) is 11.8 Å². The summed E-state index contributed by atoms with van der Waals surface area (Å²) in [4.78, 5) is 0. The maximum absolute atomic E-state index is 12.2. The van der Waals surface area contributed by atoms with E-state index in [1.165, 1.54) is 6.42 Å². The van der Waals surface area contributed by atoms with Gasteiger partial charge in [0, 0.05) is 6.04 Å². The lowest BCUT2D eigenvalue weighted by Crippen LogP contribution is -2.36. The van der Waals surface area contributed by atoms with Gasteiger partial charge in [-0.2, -0.15) is 8.78 Å². The number of nitrogens with two attached hydrogens (primary N) is 1. The van der Waals surface area contributed by atoms with Crippen molar-refractivity contribution < 1.29 is 13.5 Å². The van der Waals surface area contributed by atoms with Gasteiger partial charge < -0.3 is 4.74 Å². The molecule has 0 aliphatic heterocycles. The Hall–Kier alpha value is -1.20. The van der Waals surface area contributed by atoms with Crippen molar-refractivity contribution in [3.63, 3.8) is 0 Å². The number of rotatable bonds is 5. The van der Waals surface area contributed by atoms with Crippen LogP contribution >= 0.6 is 0 Å². The standard InChI is InChI=1S/C16H24F2N2O/c1-10-3-4-13(9-11(10)2)15(20-19)12-5-7-14(8-6-12)21-16(17)18/h5-8,10-11,13,15-16,20H,3-4,9,19H2,1-2H3. The lowest BCUT2D eigenvalue weighted by molar-refractivity contribution is -0.0498. The minimum Gasteiger partial charge on any atom is -0.435 e. The van der Waals surface area contributed by atoms with Crippen molar-refractivity contribution in [2.75, 3.05) is 0 Å². The summed E-state index contributed by atoms with van der Waals surface area (Å²) in [5, 5.41) is 0. The molecule has 0 radical (unpaired) electrons. The van der Waals surface area contributed by atoms with Crippen LogP contribution in [0.1, 0.15) is 44.7 Å². The maximum Gasteiger partial charge on any atom is 0.387 e. The van der Waals surface area contributed by atoms with Crippen LogP contribution < -0.4 is 16.0 Å². The van der Waals surface area contributed by atoms with Crippen molar-refractivity contribution in [3.8, 4) is 5.75 Å². The number of halogens is 2. The Morgan fingerprint density at radius 1 is 1.14 bits per heavy atom. The largest absolute Gasteiger partial charge is 0.435 e. The predicted octanol–water partition coefficient (Wildman–Crippen LogP) is 3.86. The van der Waals surface area contributed by atoms with Crippen molar-refractivity contribution in [2.45, 2.75) is 45.8 Å². The summed E-state index contributed by atoms with van der Waals surface area (Å²) in [5.74, 6) is 7.82. The Bertz CT molecular complexity index is 438. The molecule has 4 unspecified atom stereocenters. The van der Waals surface area contributed by atoms with E-state index in [1.807, 2.05) is 12.1 Å². The zero-order chi connectivity index (χ0) is 15.4. The van der Waals surface area contributed by atoms with Crippen molar-refractivity contribution in [3.05, 3.63) is 29.8 Å². The molecule has 5 heteroatoms. The first-order valence-electron chi connectivity index (χ1n) is 7.52. The van der Waals surface area contributed by atoms with Crippen LogP contribution in [0.3, 0.4) is 0 Å². The first-order valence-corrected chi connectivity index (χ1v) is 7.52. The van der Waals surface area contributed by atoms with Crippen LogP contribution in [0.25, 0.3) is 0 Å². The van der Waals surface area contributed by atoms with Gasteiger partial charge in [0.2, 0.25) is 0 Å². The second-order valence-electron chi connectivity index (χ2n) is 6.12. The fourth-order valence-electron chi connectivity index (χ4n) is 3.25. The summed E-state index contributed by atoms with van der Waals surface area (Å²) in [6.07, 6.45) is 3.47. The fourth-order valence-corrected chi connectivity index (χ4v) is 3.25. The van der Waals surface area contributed by atoms with E-state index < -0.39 is 6.61 Å². The molecule has 2 rings (SSSR count). The highest BCUT2D eigenvalue weighted by atomic mass is 19.3. The van der Waals surface area contributed by atoms with E-state index in [-0.39, 0.29) is 11.8 Å². The van der Waals surface area contributed by atoms with E-state index in [4.69, 9.17) is 5.84 Å². The number of hydrazine groups is 1. The van der Waals surface area contributed by atoms with Crippen molar-refractivity contribution in [1.82, 2.24) is 5.43 Å². The quantitative estimate of drug-likeness (QED) is 0.641. The third-order valence-corrected chi connectivity index (χ3v) is 4.75. The van der Waals surface area contributed by atoms with Gasteiger partial charge in [-0.05, 0) is 48.3 Å². The molecule has 0 spiro atoms. The van der Waals surface area contributed by atoms with Gasteiger partial charge in [-0.3, -0.25) is 11.3 Å². The molecule has 1 aromatic rings. The fraction of sp³-hybridized carbons (Fsp3) is 0.625. The number of hydrogen-bond acceptors (Lipinski definition) is 3. The van der Waals surface area contributed by atoms with Gasteiger partial charge in [-0.25, -0.2) is 0 Å². The Labute approximate surface area is 124 Å². The van der Waals surface area contributed by atoms with Crippen molar-refractivity contribution in [1.29, 1.82) is 0 Å². The lowest BCUT2D eigenvalue weighted by Gasteiger charge is -2.36. The molecular formula is C16H24F2N2O. The molecule has 3 nitrogen and oxygen atoms in total. The average Bonchev–Trinajstić information content (AvgIpc) is 2.45.